The maximum absolute atomic E-state index is 5.45. The van der Waals surface area contributed by atoms with E-state index in [0.29, 0.717) is 12.1 Å². The molecule has 0 aromatic rings. The molecule has 0 heterocycles. The SMILES string of the molecule is CCCNC(C)CCOC(C)C. The zero-order valence-corrected chi connectivity index (χ0v) is 8.89. The van der Waals surface area contributed by atoms with Crippen molar-refractivity contribution in [1.82, 2.24) is 5.32 Å². The van der Waals surface area contributed by atoms with Crippen LogP contribution in [0.25, 0.3) is 0 Å². The molecule has 0 aliphatic carbocycles. The van der Waals surface area contributed by atoms with Crippen LogP contribution in [0.1, 0.15) is 40.5 Å². The summed E-state index contributed by atoms with van der Waals surface area (Å²) in [4.78, 5) is 0. The molecule has 0 spiro atoms. The van der Waals surface area contributed by atoms with Crippen molar-refractivity contribution in [1.29, 1.82) is 0 Å². The molecule has 0 aliphatic heterocycles. The van der Waals surface area contributed by atoms with E-state index in [2.05, 4.69) is 33.0 Å². The number of rotatable bonds is 7. The van der Waals surface area contributed by atoms with Gasteiger partial charge in [-0.15, -0.1) is 0 Å². The summed E-state index contributed by atoms with van der Waals surface area (Å²) in [6, 6.07) is 0.587. The summed E-state index contributed by atoms with van der Waals surface area (Å²) in [5.74, 6) is 0. The fourth-order valence-corrected chi connectivity index (χ4v) is 0.973. The molecule has 0 amide bonds. The number of hydrogen-bond acceptors (Lipinski definition) is 2. The van der Waals surface area contributed by atoms with Gasteiger partial charge >= 0.3 is 0 Å². The van der Waals surface area contributed by atoms with Gasteiger partial charge in [-0.1, -0.05) is 6.92 Å². The lowest BCUT2D eigenvalue weighted by Gasteiger charge is -2.14. The first-order valence-corrected chi connectivity index (χ1v) is 5.01. The average Bonchev–Trinajstić information content (AvgIpc) is 2.00. The van der Waals surface area contributed by atoms with Gasteiger partial charge in [-0.05, 0) is 40.2 Å². The fraction of sp³-hybridized carbons (Fsp3) is 1.00. The summed E-state index contributed by atoms with van der Waals surface area (Å²) in [6.07, 6.45) is 2.68. The van der Waals surface area contributed by atoms with Crippen molar-refractivity contribution in [3.8, 4) is 0 Å². The molecule has 1 unspecified atom stereocenters. The minimum Gasteiger partial charge on any atom is -0.379 e. The number of nitrogens with one attached hydrogen (secondary N) is 1. The molecule has 0 fully saturated rings. The monoisotopic (exact) mass is 173 g/mol. The molecular formula is C10H23NO. The standard InChI is InChI=1S/C10H23NO/c1-5-7-11-10(4)6-8-12-9(2)3/h9-11H,5-8H2,1-4H3. The molecule has 2 heteroatoms. The number of hydrogen-bond donors (Lipinski definition) is 1. The summed E-state index contributed by atoms with van der Waals surface area (Å²) in [7, 11) is 0. The van der Waals surface area contributed by atoms with Crippen molar-refractivity contribution in [2.75, 3.05) is 13.2 Å². The lowest BCUT2D eigenvalue weighted by atomic mass is 10.2. The van der Waals surface area contributed by atoms with Gasteiger partial charge in [0.25, 0.3) is 0 Å². The van der Waals surface area contributed by atoms with Crippen molar-refractivity contribution in [2.45, 2.75) is 52.7 Å². The summed E-state index contributed by atoms with van der Waals surface area (Å²) < 4.78 is 5.45. The Morgan fingerprint density at radius 3 is 2.42 bits per heavy atom. The van der Waals surface area contributed by atoms with Crippen LogP contribution in [0.4, 0.5) is 0 Å². The van der Waals surface area contributed by atoms with Crippen LogP contribution in [-0.2, 0) is 4.74 Å². The van der Waals surface area contributed by atoms with Gasteiger partial charge in [-0.25, -0.2) is 0 Å². The van der Waals surface area contributed by atoms with Crippen LogP contribution in [0.3, 0.4) is 0 Å². The predicted octanol–water partition coefficient (Wildman–Crippen LogP) is 2.19. The van der Waals surface area contributed by atoms with Crippen LogP contribution >= 0.6 is 0 Å². The van der Waals surface area contributed by atoms with E-state index in [9.17, 15) is 0 Å². The molecule has 0 radical (unpaired) electrons. The molecule has 12 heavy (non-hydrogen) atoms. The third-order valence-corrected chi connectivity index (χ3v) is 1.74. The van der Waals surface area contributed by atoms with Crippen LogP contribution in [0, 0.1) is 0 Å². The summed E-state index contributed by atoms with van der Waals surface area (Å²) in [5, 5.41) is 3.43. The van der Waals surface area contributed by atoms with Crippen LogP contribution in [0.2, 0.25) is 0 Å². The Hall–Kier alpha value is -0.0800. The molecule has 0 saturated carbocycles. The average molecular weight is 173 g/mol. The minimum atomic E-state index is 0.364. The zero-order chi connectivity index (χ0) is 9.40. The molecular weight excluding hydrogens is 150 g/mol. The highest BCUT2D eigenvalue weighted by atomic mass is 16.5. The van der Waals surface area contributed by atoms with Gasteiger partial charge in [0.2, 0.25) is 0 Å². The Bertz CT molecular complexity index is 93.8. The maximum Gasteiger partial charge on any atom is 0.0518 e. The van der Waals surface area contributed by atoms with Gasteiger partial charge in [0, 0.05) is 12.6 Å². The molecule has 74 valence electrons. The van der Waals surface area contributed by atoms with Gasteiger partial charge in [0.05, 0.1) is 6.10 Å². The highest BCUT2D eigenvalue weighted by Crippen LogP contribution is 1.95. The van der Waals surface area contributed by atoms with E-state index in [1.54, 1.807) is 0 Å². The molecule has 2 nitrogen and oxygen atoms in total. The summed E-state index contributed by atoms with van der Waals surface area (Å²) in [5.41, 5.74) is 0. The second-order valence-corrected chi connectivity index (χ2v) is 3.56. The van der Waals surface area contributed by atoms with Crippen LogP contribution < -0.4 is 5.32 Å². The van der Waals surface area contributed by atoms with E-state index >= 15 is 0 Å². The highest BCUT2D eigenvalue weighted by Gasteiger charge is 2.00. The molecule has 0 rings (SSSR count). The lowest BCUT2D eigenvalue weighted by Crippen LogP contribution is -2.28. The first kappa shape index (κ1) is 11.9. The van der Waals surface area contributed by atoms with Crippen molar-refractivity contribution < 1.29 is 4.74 Å². The van der Waals surface area contributed by atoms with Crippen LogP contribution in [-0.4, -0.2) is 25.3 Å². The minimum absolute atomic E-state index is 0.364. The maximum atomic E-state index is 5.45. The quantitative estimate of drug-likeness (QED) is 0.637. The Labute approximate surface area is 76.7 Å². The summed E-state index contributed by atoms with van der Waals surface area (Å²) in [6.45, 7) is 10.5. The van der Waals surface area contributed by atoms with Crippen LogP contribution in [0.15, 0.2) is 0 Å². The Morgan fingerprint density at radius 1 is 1.25 bits per heavy atom. The Balaban J connectivity index is 3.13. The molecule has 0 bridgehead atoms. The smallest absolute Gasteiger partial charge is 0.0518 e. The van der Waals surface area contributed by atoms with Crippen molar-refractivity contribution in [3.05, 3.63) is 0 Å². The van der Waals surface area contributed by atoms with E-state index in [0.717, 1.165) is 19.6 Å². The van der Waals surface area contributed by atoms with Gasteiger partial charge in [-0.3, -0.25) is 0 Å². The van der Waals surface area contributed by atoms with Crippen molar-refractivity contribution >= 4 is 0 Å². The second-order valence-electron chi connectivity index (χ2n) is 3.56. The zero-order valence-electron chi connectivity index (χ0n) is 8.89. The van der Waals surface area contributed by atoms with E-state index in [1.807, 2.05) is 0 Å². The van der Waals surface area contributed by atoms with Crippen molar-refractivity contribution in [2.24, 2.45) is 0 Å². The molecule has 0 aliphatic rings. The first-order valence-electron chi connectivity index (χ1n) is 5.01. The first-order chi connectivity index (χ1) is 5.66. The van der Waals surface area contributed by atoms with Gasteiger partial charge in [0.15, 0.2) is 0 Å². The summed E-state index contributed by atoms with van der Waals surface area (Å²) >= 11 is 0. The Morgan fingerprint density at radius 2 is 1.92 bits per heavy atom. The van der Waals surface area contributed by atoms with E-state index < -0.39 is 0 Å². The third-order valence-electron chi connectivity index (χ3n) is 1.74. The molecule has 1 N–H and O–H groups in total. The van der Waals surface area contributed by atoms with Gasteiger partial charge < -0.3 is 10.1 Å². The topological polar surface area (TPSA) is 21.3 Å². The molecule has 0 aromatic heterocycles. The van der Waals surface area contributed by atoms with Gasteiger partial charge in [0.1, 0.15) is 0 Å². The highest BCUT2D eigenvalue weighted by molar-refractivity contribution is 4.59. The van der Waals surface area contributed by atoms with Crippen molar-refractivity contribution in [3.63, 3.8) is 0 Å². The van der Waals surface area contributed by atoms with Gasteiger partial charge in [-0.2, -0.15) is 0 Å². The van der Waals surface area contributed by atoms with Crippen LogP contribution in [0.5, 0.6) is 0 Å². The molecule has 0 saturated heterocycles. The second kappa shape index (κ2) is 7.56. The number of ether oxygens (including phenoxy) is 1. The molecule has 0 aromatic carbocycles. The largest absolute Gasteiger partial charge is 0.379 e. The van der Waals surface area contributed by atoms with E-state index in [-0.39, 0.29) is 0 Å². The fourth-order valence-electron chi connectivity index (χ4n) is 0.973. The lowest BCUT2D eigenvalue weighted by molar-refractivity contribution is 0.0726. The Kier molecular flexibility index (Phi) is 7.51. The third kappa shape index (κ3) is 8.02. The molecule has 1 atom stereocenters. The predicted molar refractivity (Wildman–Crippen MR) is 53.5 cm³/mol. The normalized spacial score (nSPS) is 13.8. The van der Waals surface area contributed by atoms with E-state index in [1.165, 1.54) is 6.42 Å². The van der Waals surface area contributed by atoms with E-state index in [4.69, 9.17) is 4.74 Å².